The van der Waals surface area contributed by atoms with Gasteiger partial charge >= 0.3 is 6.03 Å². The maximum atomic E-state index is 13.2. The Kier molecular flexibility index (Phi) is 3.04. The molecule has 1 heterocycles. The Labute approximate surface area is 95.2 Å². The van der Waals surface area contributed by atoms with Gasteiger partial charge in [-0.3, -0.25) is 5.32 Å². The summed E-state index contributed by atoms with van der Waals surface area (Å²) >= 11 is 0. The third kappa shape index (κ3) is 2.81. The molecule has 1 aromatic heterocycles. The Morgan fingerprint density at radius 1 is 1.18 bits per heavy atom. The smallest absolute Gasteiger partial charge is 0.326 e. The number of benzene rings is 1. The van der Waals surface area contributed by atoms with Crippen molar-refractivity contribution in [2.24, 2.45) is 0 Å². The average molecular weight is 238 g/mol. The molecule has 17 heavy (non-hydrogen) atoms. The summed E-state index contributed by atoms with van der Waals surface area (Å²) in [5, 5.41) is 4.56. The van der Waals surface area contributed by atoms with Crippen LogP contribution in [0.15, 0.2) is 41.0 Å². The highest BCUT2D eigenvalue weighted by molar-refractivity contribution is 5.98. The number of furan rings is 1. The van der Waals surface area contributed by atoms with Crippen LogP contribution in [0.3, 0.4) is 0 Å². The molecule has 0 aliphatic heterocycles. The Morgan fingerprint density at radius 3 is 2.65 bits per heavy atom. The molecule has 0 aliphatic rings. The van der Waals surface area contributed by atoms with E-state index in [9.17, 15) is 13.6 Å². The monoisotopic (exact) mass is 238 g/mol. The van der Waals surface area contributed by atoms with Gasteiger partial charge < -0.3 is 9.73 Å². The van der Waals surface area contributed by atoms with Crippen LogP contribution in [0.2, 0.25) is 0 Å². The highest BCUT2D eigenvalue weighted by Crippen LogP contribution is 2.15. The average Bonchev–Trinajstić information content (AvgIpc) is 2.75. The molecule has 2 amide bonds. The second kappa shape index (κ2) is 4.65. The first-order chi connectivity index (χ1) is 8.15. The van der Waals surface area contributed by atoms with Gasteiger partial charge in [0.15, 0.2) is 0 Å². The maximum Gasteiger partial charge on any atom is 0.326 e. The number of halogens is 2. The molecule has 0 saturated heterocycles. The summed E-state index contributed by atoms with van der Waals surface area (Å²) in [7, 11) is 0. The predicted molar refractivity (Wildman–Crippen MR) is 57.7 cm³/mol. The Morgan fingerprint density at radius 2 is 2.00 bits per heavy atom. The lowest BCUT2D eigenvalue weighted by atomic mass is 10.3. The van der Waals surface area contributed by atoms with E-state index in [0.717, 1.165) is 12.1 Å². The Hall–Kier alpha value is -2.37. The predicted octanol–water partition coefficient (Wildman–Crippen LogP) is 3.20. The summed E-state index contributed by atoms with van der Waals surface area (Å²) in [5.74, 6) is -1.33. The van der Waals surface area contributed by atoms with E-state index in [1.807, 2.05) is 0 Å². The van der Waals surface area contributed by atoms with Crippen LogP contribution in [0.25, 0.3) is 0 Å². The van der Waals surface area contributed by atoms with E-state index in [4.69, 9.17) is 4.42 Å². The molecule has 1 aromatic carbocycles. The zero-order valence-electron chi connectivity index (χ0n) is 8.54. The molecule has 0 spiro atoms. The zero-order chi connectivity index (χ0) is 12.3. The zero-order valence-corrected chi connectivity index (χ0v) is 8.54. The molecule has 88 valence electrons. The van der Waals surface area contributed by atoms with Gasteiger partial charge in [-0.05, 0) is 18.2 Å². The molecule has 6 heteroatoms. The van der Waals surface area contributed by atoms with E-state index in [0.29, 0.717) is 6.07 Å². The first-order valence-corrected chi connectivity index (χ1v) is 4.72. The first-order valence-electron chi connectivity index (χ1n) is 4.72. The van der Waals surface area contributed by atoms with Crippen LogP contribution >= 0.6 is 0 Å². The Balaban J connectivity index is 2.03. The molecule has 0 bridgehead atoms. The van der Waals surface area contributed by atoms with Crippen LogP contribution in [0.1, 0.15) is 0 Å². The van der Waals surface area contributed by atoms with Crippen LogP contribution in [-0.2, 0) is 0 Å². The van der Waals surface area contributed by atoms with Crippen molar-refractivity contribution >= 4 is 17.6 Å². The van der Waals surface area contributed by atoms with Crippen molar-refractivity contribution in [1.29, 1.82) is 0 Å². The molecule has 0 unspecified atom stereocenters. The van der Waals surface area contributed by atoms with E-state index in [-0.39, 0.29) is 11.6 Å². The van der Waals surface area contributed by atoms with Crippen molar-refractivity contribution < 1.29 is 18.0 Å². The van der Waals surface area contributed by atoms with Gasteiger partial charge in [-0.1, -0.05) is 0 Å². The quantitative estimate of drug-likeness (QED) is 0.844. The van der Waals surface area contributed by atoms with Gasteiger partial charge in [0.1, 0.15) is 11.6 Å². The van der Waals surface area contributed by atoms with Gasteiger partial charge in [0.05, 0.1) is 12.0 Å². The summed E-state index contributed by atoms with van der Waals surface area (Å²) in [5.41, 5.74) is -0.115. The maximum absolute atomic E-state index is 13.2. The molecule has 2 N–H and O–H groups in total. The van der Waals surface area contributed by atoms with E-state index in [1.54, 1.807) is 6.07 Å². The van der Waals surface area contributed by atoms with Crippen LogP contribution in [0.4, 0.5) is 25.1 Å². The van der Waals surface area contributed by atoms with Gasteiger partial charge in [0, 0.05) is 12.1 Å². The summed E-state index contributed by atoms with van der Waals surface area (Å²) < 4.78 is 30.7. The molecule has 2 rings (SSSR count). The number of hydrogen-bond acceptors (Lipinski definition) is 2. The third-order valence-electron chi connectivity index (χ3n) is 1.94. The van der Waals surface area contributed by atoms with Crippen LogP contribution in [-0.4, -0.2) is 6.03 Å². The van der Waals surface area contributed by atoms with Crippen molar-refractivity contribution in [3.05, 3.63) is 48.2 Å². The van der Waals surface area contributed by atoms with Crippen LogP contribution < -0.4 is 10.6 Å². The van der Waals surface area contributed by atoms with E-state index < -0.39 is 17.7 Å². The van der Waals surface area contributed by atoms with Crippen molar-refractivity contribution in [1.82, 2.24) is 0 Å². The van der Waals surface area contributed by atoms with Crippen molar-refractivity contribution in [2.45, 2.75) is 0 Å². The molecule has 2 aromatic rings. The second-order valence-corrected chi connectivity index (χ2v) is 3.18. The molecular weight excluding hydrogens is 230 g/mol. The minimum Gasteiger partial charge on any atom is -0.449 e. The molecule has 0 atom stereocenters. The lowest BCUT2D eigenvalue weighted by Crippen LogP contribution is -2.19. The number of nitrogens with one attached hydrogen (secondary N) is 2. The minimum atomic E-state index is -0.848. The van der Waals surface area contributed by atoms with Crippen molar-refractivity contribution in [2.75, 3.05) is 10.6 Å². The topological polar surface area (TPSA) is 54.3 Å². The fraction of sp³-hybridized carbons (Fsp3) is 0. The van der Waals surface area contributed by atoms with Gasteiger partial charge in [-0.25, -0.2) is 13.6 Å². The number of anilines is 2. The van der Waals surface area contributed by atoms with Crippen molar-refractivity contribution in [3.63, 3.8) is 0 Å². The summed E-state index contributed by atoms with van der Waals surface area (Å²) in [6.45, 7) is 0. The number of hydrogen-bond donors (Lipinski definition) is 2. The lowest BCUT2D eigenvalue weighted by Gasteiger charge is -2.06. The molecule has 4 nitrogen and oxygen atoms in total. The normalized spacial score (nSPS) is 10.0. The molecule has 0 radical (unpaired) electrons. The minimum absolute atomic E-state index is 0.115. The molecular formula is C11H8F2N2O2. The summed E-state index contributed by atoms with van der Waals surface area (Å²) in [4.78, 5) is 11.4. The molecule has 0 aliphatic carbocycles. The van der Waals surface area contributed by atoms with Gasteiger partial charge in [0.25, 0.3) is 0 Å². The van der Waals surface area contributed by atoms with Crippen LogP contribution in [0, 0.1) is 11.6 Å². The van der Waals surface area contributed by atoms with Gasteiger partial charge in [-0.15, -0.1) is 0 Å². The van der Waals surface area contributed by atoms with Crippen molar-refractivity contribution in [3.8, 4) is 0 Å². The number of carbonyl (C=O) groups excluding carboxylic acids is 1. The van der Waals surface area contributed by atoms with E-state index in [2.05, 4.69) is 10.6 Å². The fourth-order valence-electron chi connectivity index (χ4n) is 1.21. The Bertz CT molecular complexity index is 526. The number of urea groups is 1. The molecule has 0 saturated carbocycles. The number of rotatable bonds is 2. The highest BCUT2D eigenvalue weighted by atomic mass is 19.1. The highest BCUT2D eigenvalue weighted by Gasteiger charge is 2.08. The molecule has 0 fully saturated rings. The van der Waals surface area contributed by atoms with E-state index in [1.165, 1.54) is 12.3 Å². The first kappa shape index (κ1) is 11.1. The number of amides is 2. The van der Waals surface area contributed by atoms with Gasteiger partial charge in [-0.2, -0.15) is 0 Å². The summed E-state index contributed by atoms with van der Waals surface area (Å²) in [6.07, 6.45) is 1.38. The lowest BCUT2D eigenvalue weighted by molar-refractivity contribution is 0.261. The second-order valence-electron chi connectivity index (χ2n) is 3.18. The summed E-state index contributed by atoms with van der Waals surface area (Å²) in [6, 6.07) is 5.31. The standard InChI is InChI=1S/C11H8F2N2O2/c12-7-3-4-9(8(13)6-7)14-11(16)15-10-2-1-5-17-10/h1-6H,(H2,14,15,16). The number of carbonyl (C=O) groups is 1. The third-order valence-corrected chi connectivity index (χ3v) is 1.94. The van der Waals surface area contributed by atoms with E-state index >= 15 is 0 Å². The van der Waals surface area contributed by atoms with Crippen LogP contribution in [0.5, 0.6) is 0 Å². The fourth-order valence-corrected chi connectivity index (χ4v) is 1.21. The SMILES string of the molecule is O=C(Nc1ccco1)Nc1ccc(F)cc1F. The largest absolute Gasteiger partial charge is 0.449 e. The van der Waals surface area contributed by atoms with Gasteiger partial charge in [0.2, 0.25) is 5.88 Å².